The number of amides is 1. The first-order chi connectivity index (χ1) is 12.1. The predicted molar refractivity (Wildman–Crippen MR) is 89.9 cm³/mol. The molecule has 0 unspecified atom stereocenters. The number of hydrogen-bond acceptors (Lipinski definition) is 6. The van der Waals surface area contributed by atoms with Crippen LogP contribution < -0.4 is 15.2 Å². The van der Waals surface area contributed by atoms with Crippen LogP contribution in [0.1, 0.15) is 11.5 Å². The standard InChI is InChI=1S/C18H17N3O4/c1-12-3-2-4-15(9-12)24-11-17-20-18(21-25-17)13-5-7-14(8-6-13)23-10-16(19)22/h2-9H,10-11H2,1H3,(H2,19,22). The van der Waals surface area contributed by atoms with Gasteiger partial charge >= 0.3 is 0 Å². The monoisotopic (exact) mass is 339 g/mol. The van der Waals surface area contributed by atoms with E-state index in [0.29, 0.717) is 17.5 Å². The van der Waals surface area contributed by atoms with Gasteiger partial charge in [-0.05, 0) is 48.9 Å². The molecule has 0 saturated carbocycles. The molecule has 128 valence electrons. The SMILES string of the molecule is Cc1cccc(OCc2nc(-c3ccc(OCC(N)=O)cc3)no2)c1. The van der Waals surface area contributed by atoms with Crippen LogP contribution >= 0.6 is 0 Å². The van der Waals surface area contributed by atoms with Gasteiger partial charge in [0.1, 0.15) is 11.5 Å². The van der Waals surface area contributed by atoms with Crippen LogP contribution in [0.2, 0.25) is 0 Å². The van der Waals surface area contributed by atoms with Gasteiger partial charge in [-0.15, -0.1) is 0 Å². The molecule has 0 radical (unpaired) electrons. The van der Waals surface area contributed by atoms with E-state index in [2.05, 4.69) is 10.1 Å². The Morgan fingerprint density at radius 3 is 2.64 bits per heavy atom. The minimum absolute atomic E-state index is 0.165. The van der Waals surface area contributed by atoms with Crippen LogP contribution in [0.4, 0.5) is 0 Å². The summed E-state index contributed by atoms with van der Waals surface area (Å²) in [5.74, 6) is 1.58. The largest absolute Gasteiger partial charge is 0.484 e. The van der Waals surface area contributed by atoms with Crippen LogP contribution in [0.3, 0.4) is 0 Å². The molecular weight excluding hydrogens is 322 g/mol. The van der Waals surface area contributed by atoms with Crippen molar-refractivity contribution in [3.63, 3.8) is 0 Å². The molecule has 0 aliphatic heterocycles. The molecule has 1 amide bonds. The lowest BCUT2D eigenvalue weighted by molar-refractivity contribution is -0.119. The first-order valence-corrected chi connectivity index (χ1v) is 7.64. The Balaban J connectivity index is 1.61. The van der Waals surface area contributed by atoms with Crippen molar-refractivity contribution in [1.29, 1.82) is 0 Å². The molecular formula is C18H17N3O4. The van der Waals surface area contributed by atoms with Crippen LogP contribution in [0.15, 0.2) is 53.1 Å². The molecule has 2 N–H and O–H groups in total. The van der Waals surface area contributed by atoms with Gasteiger partial charge in [0.2, 0.25) is 5.82 Å². The fraction of sp³-hybridized carbons (Fsp3) is 0.167. The quantitative estimate of drug-likeness (QED) is 0.710. The zero-order valence-corrected chi connectivity index (χ0v) is 13.6. The Kier molecular flexibility index (Phi) is 4.94. The molecule has 0 aliphatic rings. The molecule has 0 bridgehead atoms. The number of hydrogen-bond donors (Lipinski definition) is 1. The van der Waals surface area contributed by atoms with E-state index in [1.165, 1.54) is 0 Å². The summed E-state index contributed by atoms with van der Waals surface area (Å²) in [6.45, 7) is 2.02. The summed E-state index contributed by atoms with van der Waals surface area (Å²) in [7, 11) is 0. The van der Waals surface area contributed by atoms with Gasteiger partial charge in [-0.3, -0.25) is 4.79 Å². The third-order valence-corrected chi connectivity index (χ3v) is 3.31. The van der Waals surface area contributed by atoms with Crippen molar-refractivity contribution in [3.05, 3.63) is 60.0 Å². The van der Waals surface area contributed by atoms with Crippen molar-refractivity contribution in [2.24, 2.45) is 5.73 Å². The van der Waals surface area contributed by atoms with E-state index in [-0.39, 0.29) is 13.2 Å². The molecule has 25 heavy (non-hydrogen) atoms. The predicted octanol–water partition coefficient (Wildman–Crippen LogP) is 2.49. The zero-order valence-electron chi connectivity index (χ0n) is 13.6. The van der Waals surface area contributed by atoms with Gasteiger partial charge < -0.3 is 19.7 Å². The highest BCUT2D eigenvalue weighted by Crippen LogP contribution is 2.20. The molecule has 7 heteroatoms. The molecule has 0 aliphatic carbocycles. The fourth-order valence-electron chi connectivity index (χ4n) is 2.14. The number of aromatic nitrogens is 2. The molecule has 1 aromatic heterocycles. The number of primary amides is 1. The summed E-state index contributed by atoms with van der Waals surface area (Å²) in [6.07, 6.45) is 0. The summed E-state index contributed by atoms with van der Waals surface area (Å²) in [4.78, 5) is 15.0. The summed E-state index contributed by atoms with van der Waals surface area (Å²) in [6, 6.07) is 14.7. The average Bonchev–Trinajstić information content (AvgIpc) is 3.08. The maximum atomic E-state index is 10.7. The molecule has 0 fully saturated rings. The van der Waals surface area contributed by atoms with Crippen molar-refractivity contribution in [2.45, 2.75) is 13.5 Å². The normalized spacial score (nSPS) is 10.4. The van der Waals surface area contributed by atoms with Crippen LogP contribution in [-0.4, -0.2) is 22.7 Å². The highest BCUT2D eigenvalue weighted by molar-refractivity contribution is 5.75. The molecule has 1 heterocycles. The lowest BCUT2D eigenvalue weighted by Gasteiger charge is -2.03. The number of nitrogens with two attached hydrogens (primary N) is 1. The second-order valence-corrected chi connectivity index (χ2v) is 5.40. The Morgan fingerprint density at radius 2 is 1.92 bits per heavy atom. The highest BCUT2D eigenvalue weighted by atomic mass is 16.5. The molecule has 3 aromatic rings. The second-order valence-electron chi connectivity index (χ2n) is 5.40. The van der Waals surface area contributed by atoms with E-state index in [1.807, 2.05) is 31.2 Å². The van der Waals surface area contributed by atoms with Gasteiger partial charge in [0.15, 0.2) is 13.2 Å². The molecule has 0 spiro atoms. The Morgan fingerprint density at radius 1 is 1.12 bits per heavy atom. The number of carbonyl (C=O) groups is 1. The number of ether oxygens (including phenoxy) is 2. The summed E-state index contributed by atoms with van der Waals surface area (Å²) >= 11 is 0. The number of carbonyl (C=O) groups excluding carboxylic acids is 1. The van der Waals surface area contributed by atoms with Gasteiger partial charge in [0.25, 0.3) is 11.8 Å². The van der Waals surface area contributed by atoms with Crippen molar-refractivity contribution < 1.29 is 18.8 Å². The number of rotatable bonds is 7. The van der Waals surface area contributed by atoms with Crippen LogP contribution in [0.5, 0.6) is 11.5 Å². The zero-order chi connectivity index (χ0) is 17.6. The maximum Gasteiger partial charge on any atom is 0.264 e. The second kappa shape index (κ2) is 7.48. The molecule has 0 atom stereocenters. The van der Waals surface area contributed by atoms with E-state index < -0.39 is 5.91 Å². The van der Waals surface area contributed by atoms with E-state index in [0.717, 1.165) is 16.9 Å². The lowest BCUT2D eigenvalue weighted by Crippen LogP contribution is -2.19. The first-order valence-electron chi connectivity index (χ1n) is 7.64. The summed E-state index contributed by atoms with van der Waals surface area (Å²) in [5, 5.41) is 3.94. The van der Waals surface area contributed by atoms with Gasteiger partial charge in [-0.1, -0.05) is 17.3 Å². The smallest absolute Gasteiger partial charge is 0.264 e. The highest BCUT2D eigenvalue weighted by Gasteiger charge is 2.10. The van der Waals surface area contributed by atoms with Crippen molar-refractivity contribution in [3.8, 4) is 22.9 Å². The van der Waals surface area contributed by atoms with Crippen LogP contribution in [-0.2, 0) is 11.4 Å². The third-order valence-electron chi connectivity index (χ3n) is 3.31. The maximum absolute atomic E-state index is 10.7. The third kappa shape index (κ3) is 4.57. The van der Waals surface area contributed by atoms with Gasteiger partial charge in [-0.25, -0.2) is 0 Å². The van der Waals surface area contributed by atoms with Crippen molar-refractivity contribution in [2.75, 3.05) is 6.61 Å². The minimum atomic E-state index is -0.527. The number of aryl methyl sites for hydroxylation is 1. The van der Waals surface area contributed by atoms with Crippen LogP contribution in [0.25, 0.3) is 11.4 Å². The number of nitrogens with zero attached hydrogens (tertiary/aromatic N) is 2. The Bertz CT molecular complexity index is 859. The van der Waals surface area contributed by atoms with Crippen molar-refractivity contribution in [1.82, 2.24) is 10.1 Å². The molecule has 3 rings (SSSR count). The van der Waals surface area contributed by atoms with E-state index in [1.54, 1.807) is 24.3 Å². The molecule has 0 saturated heterocycles. The molecule has 7 nitrogen and oxygen atoms in total. The Hall–Kier alpha value is -3.35. The van der Waals surface area contributed by atoms with E-state index in [9.17, 15) is 4.79 Å². The first kappa shape index (κ1) is 16.5. The van der Waals surface area contributed by atoms with Gasteiger partial charge in [-0.2, -0.15) is 4.98 Å². The van der Waals surface area contributed by atoms with Crippen molar-refractivity contribution >= 4 is 5.91 Å². The fourth-order valence-corrected chi connectivity index (χ4v) is 2.14. The van der Waals surface area contributed by atoms with Gasteiger partial charge in [0, 0.05) is 5.56 Å². The van der Waals surface area contributed by atoms with E-state index >= 15 is 0 Å². The topological polar surface area (TPSA) is 100 Å². The van der Waals surface area contributed by atoms with Gasteiger partial charge in [0.05, 0.1) is 0 Å². The summed E-state index contributed by atoms with van der Waals surface area (Å²) in [5.41, 5.74) is 6.91. The minimum Gasteiger partial charge on any atom is -0.484 e. The Labute approximate surface area is 144 Å². The molecule has 2 aromatic carbocycles. The van der Waals surface area contributed by atoms with Crippen LogP contribution in [0, 0.1) is 6.92 Å². The number of benzene rings is 2. The lowest BCUT2D eigenvalue weighted by atomic mass is 10.2. The van der Waals surface area contributed by atoms with E-state index in [4.69, 9.17) is 19.7 Å². The average molecular weight is 339 g/mol. The summed E-state index contributed by atoms with van der Waals surface area (Å²) < 4.78 is 16.0.